The first-order valence-corrected chi connectivity index (χ1v) is 9.27. The summed E-state index contributed by atoms with van der Waals surface area (Å²) < 4.78 is 26.0. The van der Waals surface area contributed by atoms with Crippen molar-refractivity contribution in [3.05, 3.63) is 0 Å². The molecule has 0 amide bonds. The molecule has 6 N–H and O–H groups in total. The van der Waals surface area contributed by atoms with Gasteiger partial charge in [-0.3, -0.25) is 14.8 Å². The van der Waals surface area contributed by atoms with E-state index in [1.807, 2.05) is 0 Å². The van der Waals surface area contributed by atoms with Crippen molar-refractivity contribution in [2.75, 3.05) is 0 Å². The van der Waals surface area contributed by atoms with Crippen molar-refractivity contribution in [2.45, 2.75) is 57.3 Å². The molecular weight excluding hydrogens is 296 g/mol. The maximum atomic E-state index is 11.2. The van der Waals surface area contributed by atoms with Gasteiger partial charge >= 0.3 is 15.4 Å². The van der Waals surface area contributed by atoms with Crippen molar-refractivity contribution in [1.29, 1.82) is 0 Å². The van der Waals surface area contributed by atoms with Gasteiger partial charge in [-0.25, -0.2) is 4.57 Å². The predicted molar refractivity (Wildman–Crippen MR) is 70.1 cm³/mol. The average Bonchev–Trinajstić information content (AvgIpc) is 2.19. The molecule has 1 unspecified atom stereocenters. The SMILES string of the molecule is CCCCCCCCC(N)(OP(=O)(O)O)P(=O)(O)O. The van der Waals surface area contributed by atoms with E-state index < -0.39 is 20.9 Å². The number of hydrogen-bond donors (Lipinski definition) is 5. The van der Waals surface area contributed by atoms with E-state index in [9.17, 15) is 9.13 Å². The van der Waals surface area contributed by atoms with Gasteiger partial charge < -0.3 is 19.6 Å². The highest BCUT2D eigenvalue weighted by molar-refractivity contribution is 7.54. The maximum absolute atomic E-state index is 11.2. The van der Waals surface area contributed by atoms with E-state index in [1.54, 1.807) is 0 Å². The van der Waals surface area contributed by atoms with Gasteiger partial charge in [-0.2, -0.15) is 0 Å². The minimum absolute atomic E-state index is 0.311. The number of unbranched alkanes of at least 4 members (excludes halogenated alkanes) is 5. The van der Waals surface area contributed by atoms with Crippen LogP contribution in [0.15, 0.2) is 0 Å². The lowest BCUT2D eigenvalue weighted by Crippen LogP contribution is -2.41. The molecule has 0 spiro atoms. The number of hydrogen-bond acceptors (Lipinski definition) is 4. The standard InChI is InChI=1S/C9H23NO7P2/c1-2-3-4-5-6-7-8-9(10,18(11,12)13)17-19(14,15)16/h2-8,10H2,1H3,(H2,11,12,13)(H2,14,15,16). The van der Waals surface area contributed by atoms with Gasteiger partial charge in [0.2, 0.25) is 5.47 Å². The number of rotatable bonds is 10. The van der Waals surface area contributed by atoms with Gasteiger partial charge in [-0.05, 0) is 6.42 Å². The average molecular weight is 319 g/mol. The molecule has 1 atom stereocenters. The van der Waals surface area contributed by atoms with Crippen LogP contribution in [0.25, 0.3) is 0 Å². The fourth-order valence-corrected chi connectivity index (χ4v) is 3.31. The first-order valence-electron chi connectivity index (χ1n) is 6.12. The molecular formula is C9H23NO7P2. The minimum atomic E-state index is -5.07. The highest BCUT2D eigenvalue weighted by atomic mass is 31.2. The third-order valence-corrected chi connectivity index (χ3v) is 4.67. The molecule has 0 aliphatic heterocycles. The van der Waals surface area contributed by atoms with Crippen molar-refractivity contribution in [3.63, 3.8) is 0 Å². The van der Waals surface area contributed by atoms with Crippen LogP contribution >= 0.6 is 15.4 Å². The van der Waals surface area contributed by atoms with Gasteiger partial charge in [-0.1, -0.05) is 39.0 Å². The highest BCUT2D eigenvalue weighted by Crippen LogP contribution is 2.57. The van der Waals surface area contributed by atoms with Crippen molar-refractivity contribution >= 4 is 15.4 Å². The molecule has 0 saturated heterocycles. The Labute approximate surface area is 112 Å². The molecule has 0 radical (unpaired) electrons. The zero-order chi connectivity index (χ0) is 15.2. The maximum Gasteiger partial charge on any atom is 0.471 e. The number of phosphoric ester groups is 1. The van der Waals surface area contributed by atoms with Crippen molar-refractivity contribution < 1.29 is 33.2 Å². The van der Waals surface area contributed by atoms with E-state index in [0.29, 0.717) is 12.8 Å². The Morgan fingerprint density at radius 3 is 1.89 bits per heavy atom. The van der Waals surface area contributed by atoms with Gasteiger partial charge in [0.15, 0.2) is 0 Å². The molecule has 0 heterocycles. The molecule has 0 aliphatic rings. The largest absolute Gasteiger partial charge is 0.471 e. The Hall–Kier alpha value is 0.220. The highest BCUT2D eigenvalue weighted by Gasteiger charge is 2.48. The second-order valence-corrected chi connectivity index (χ2v) is 7.50. The zero-order valence-electron chi connectivity index (χ0n) is 10.9. The van der Waals surface area contributed by atoms with E-state index in [0.717, 1.165) is 25.7 Å². The van der Waals surface area contributed by atoms with Crippen LogP contribution in [-0.2, 0) is 13.7 Å². The summed E-state index contributed by atoms with van der Waals surface area (Å²) in [7, 11) is -10.0. The normalized spacial score (nSPS) is 16.3. The first kappa shape index (κ1) is 19.2. The van der Waals surface area contributed by atoms with Gasteiger partial charge in [0.1, 0.15) is 0 Å². The lowest BCUT2D eigenvalue weighted by molar-refractivity contribution is 0.0704. The van der Waals surface area contributed by atoms with Gasteiger partial charge in [0, 0.05) is 6.42 Å². The summed E-state index contributed by atoms with van der Waals surface area (Å²) in [5.41, 5.74) is 2.70. The topological polar surface area (TPSA) is 150 Å². The van der Waals surface area contributed by atoms with Crippen LogP contribution in [0.4, 0.5) is 0 Å². The van der Waals surface area contributed by atoms with Gasteiger partial charge in [0.25, 0.3) is 0 Å². The van der Waals surface area contributed by atoms with Crippen molar-refractivity contribution in [2.24, 2.45) is 5.73 Å². The lowest BCUT2D eigenvalue weighted by Gasteiger charge is -2.29. The third kappa shape index (κ3) is 8.17. The second kappa shape index (κ2) is 7.86. The molecule has 0 saturated carbocycles. The summed E-state index contributed by atoms with van der Waals surface area (Å²) >= 11 is 0. The number of phosphoric acid groups is 1. The molecule has 8 nitrogen and oxygen atoms in total. The van der Waals surface area contributed by atoms with Gasteiger partial charge in [-0.15, -0.1) is 0 Å². The Kier molecular flexibility index (Phi) is 7.95. The summed E-state index contributed by atoms with van der Waals surface area (Å²) in [6.07, 6.45) is 4.71. The van der Waals surface area contributed by atoms with E-state index in [4.69, 9.17) is 25.3 Å². The zero-order valence-corrected chi connectivity index (χ0v) is 12.7. The molecule has 0 aromatic heterocycles. The minimum Gasteiger partial charge on any atom is -0.321 e. The van der Waals surface area contributed by atoms with Crippen molar-refractivity contribution in [1.82, 2.24) is 0 Å². The lowest BCUT2D eigenvalue weighted by atomic mass is 10.1. The molecule has 0 aromatic rings. The smallest absolute Gasteiger partial charge is 0.321 e. The van der Waals surface area contributed by atoms with Crippen molar-refractivity contribution in [3.8, 4) is 0 Å². The molecule has 10 heteroatoms. The Balaban J connectivity index is 4.39. The van der Waals surface area contributed by atoms with E-state index in [2.05, 4.69) is 11.4 Å². The first-order chi connectivity index (χ1) is 8.52. The van der Waals surface area contributed by atoms with Crippen LogP contribution in [0.5, 0.6) is 0 Å². The van der Waals surface area contributed by atoms with E-state index in [-0.39, 0.29) is 6.42 Å². The van der Waals surface area contributed by atoms with E-state index in [1.165, 1.54) is 0 Å². The fraction of sp³-hybridized carbons (Fsp3) is 1.00. The summed E-state index contributed by atoms with van der Waals surface area (Å²) in [6, 6.07) is 0. The van der Waals surface area contributed by atoms with Crippen LogP contribution in [0.3, 0.4) is 0 Å². The Bertz CT molecular complexity index is 352. The Morgan fingerprint density at radius 2 is 1.47 bits per heavy atom. The molecule has 0 fully saturated rings. The molecule has 116 valence electrons. The van der Waals surface area contributed by atoms with Crippen LogP contribution in [0, 0.1) is 0 Å². The third-order valence-electron chi connectivity index (χ3n) is 2.66. The fourth-order valence-electron chi connectivity index (χ4n) is 1.61. The summed E-state index contributed by atoms with van der Waals surface area (Å²) in [5.74, 6) is 0. The van der Waals surface area contributed by atoms with Crippen LogP contribution in [-0.4, -0.2) is 25.0 Å². The van der Waals surface area contributed by atoms with Crippen LogP contribution in [0.1, 0.15) is 51.9 Å². The van der Waals surface area contributed by atoms with E-state index >= 15 is 0 Å². The van der Waals surface area contributed by atoms with Crippen LogP contribution < -0.4 is 5.73 Å². The Morgan fingerprint density at radius 1 is 1.00 bits per heavy atom. The monoisotopic (exact) mass is 319 g/mol. The molecule has 0 bridgehead atoms. The molecule has 0 rings (SSSR count). The second-order valence-electron chi connectivity index (χ2n) is 4.49. The number of nitrogens with two attached hydrogens (primary N) is 1. The summed E-state index contributed by atoms with van der Waals surface area (Å²) in [5, 5.41) is 0. The summed E-state index contributed by atoms with van der Waals surface area (Å²) in [6.45, 7) is 2.06. The van der Waals surface area contributed by atoms with Gasteiger partial charge in [0.05, 0.1) is 0 Å². The quantitative estimate of drug-likeness (QED) is 0.231. The molecule has 0 aliphatic carbocycles. The summed E-state index contributed by atoms with van der Waals surface area (Å²) in [4.78, 5) is 35.4. The predicted octanol–water partition coefficient (Wildman–Crippen LogP) is 1.64. The van der Waals surface area contributed by atoms with Crippen LogP contribution in [0.2, 0.25) is 0 Å². The molecule has 0 aromatic carbocycles. The molecule has 19 heavy (non-hydrogen) atoms.